The summed E-state index contributed by atoms with van der Waals surface area (Å²) >= 11 is 0. The second-order valence-electron chi connectivity index (χ2n) is 6.62. The van der Waals surface area contributed by atoms with Gasteiger partial charge in [-0.05, 0) is 64.0 Å². The van der Waals surface area contributed by atoms with Gasteiger partial charge in [-0.3, -0.25) is 9.88 Å². The Kier molecular flexibility index (Phi) is 9.06. The lowest BCUT2D eigenvalue weighted by Gasteiger charge is -2.26. The number of nitrogens with one attached hydrogen (secondary N) is 2. The maximum Gasteiger partial charge on any atom is 0.191 e. The Bertz CT molecular complexity index is 698. The van der Waals surface area contributed by atoms with E-state index < -0.39 is 0 Å². The van der Waals surface area contributed by atoms with E-state index in [0.29, 0.717) is 6.54 Å². The molecular weight excluding hydrogens is 453 g/mol. The van der Waals surface area contributed by atoms with Crippen LogP contribution in [0.4, 0.5) is 0 Å². The maximum absolute atomic E-state index is 5.69. The first-order valence-corrected chi connectivity index (χ1v) is 9.48. The SMILES string of the molecule is CCNC(=NCc1cccc(C)n1)NCC(c1ccco1)N1CCCC1.I. The smallest absolute Gasteiger partial charge is 0.191 e. The predicted octanol–water partition coefficient (Wildman–Crippen LogP) is 3.49. The Hall–Kier alpha value is -1.61. The van der Waals surface area contributed by atoms with Crippen molar-refractivity contribution < 1.29 is 4.42 Å². The summed E-state index contributed by atoms with van der Waals surface area (Å²) in [5, 5.41) is 6.80. The fourth-order valence-corrected chi connectivity index (χ4v) is 3.33. The first-order chi connectivity index (χ1) is 12.8. The molecule has 1 unspecified atom stereocenters. The van der Waals surface area contributed by atoms with Gasteiger partial charge in [0.05, 0.1) is 24.5 Å². The van der Waals surface area contributed by atoms with Gasteiger partial charge in [-0.2, -0.15) is 0 Å². The number of halogens is 1. The molecule has 1 aliphatic rings. The third kappa shape index (κ3) is 6.49. The van der Waals surface area contributed by atoms with Crippen LogP contribution in [-0.2, 0) is 6.54 Å². The molecular formula is C20H30IN5O. The molecule has 3 heterocycles. The fourth-order valence-electron chi connectivity index (χ4n) is 3.33. The van der Waals surface area contributed by atoms with Crippen LogP contribution in [0, 0.1) is 6.92 Å². The molecule has 0 spiro atoms. The summed E-state index contributed by atoms with van der Waals surface area (Å²) in [5.41, 5.74) is 1.99. The molecule has 0 aliphatic carbocycles. The molecule has 1 atom stereocenters. The van der Waals surface area contributed by atoms with E-state index in [4.69, 9.17) is 4.42 Å². The number of pyridine rings is 1. The van der Waals surface area contributed by atoms with E-state index in [1.165, 1.54) is 12.8 Å². The molecule has 27 heavy (non-hydrogen) atoms. The van der Waals surface area contributed by atoms with Crippen molar-refractivity contribution in [2.45, 2.75) is 39.3 Å². The highest BCUT2D eigenvalue weighted by Crippen LogP contribution is 2.24. The van der Waals surface area contributed by atoms with E-state index in [-0.39, 0.29) is 30.0 Å². The second kappa shape index (κ2) is 11.3. The number of rotatable bonds is 7. The molecule has 3 rings (SSSR count). The van der Waals surface area contributed by atoms with Crippen molar-refractivity contribution in [3.8, 4) is 0 Å². The molecule has 7 heteroatoms. The van der Waals surface area contributed by atoms with Crippen LogP contribution in [0.15, 0.2) is 46.0 Å². The van der Waals surface area contributed by atoms with E-state index in [2.05, 4.69) is 38.5 Å². The highest BCUT2D eigenvalue weighted by atomic mass is 127. The van der Waals surface area contributed by atoms with Gasteiger partial charge in [0.25, 0.3) is 0 Å². The monoisotopic (exact) mass is 483 g/mol. The third-order valence-electron chi connectivity index (χ3n) is 4.61. The van der Waals surface area contributed by atoms with E-state index in [1.54, 1.807) is 6.26 Å². The lowest BCUT2D eigenvalue weighted by atomic mass is 10.2. The first-order valence-electron chi connectivity index (χ1n) is 9.48. The van der Waals surface area contributed by atoms with Crippen LogP contribution >= 0.6 is 24.0 Å². The normalized spacial score (nSPS) is 16.0. The minimum atomic E-state index is 0. The molecule has 2 aromatic heterocycles. The van der Waals surface area contributed by atoms with Gasteiger partial charge in [0.2, 0.25) is 0 Å². The molecule has 2 aromatic rings. The van der Waals surface area contributed by atoms with E-state index in [1.807, 2.05) is 31.2 Å². The molecule has 0 aromatic carbocycles. The predicted molar refractivity (Wildman–Crippen MR) is 119 cm³/mol. The number of hydrogen-bond acceptors (Lipinski definition) is 4. The van der Waals surface area contributed by atoms with Gasteiger partial charge < -0.3 is 15.1 Å². The molecule has 1 aliphatic heterocycles. The number of hydrogen-bond donors (Lipinski definition) is 2. The summed E-state index contributed by atoms with van der Waals surface area (Å²) in [6.07, 6.45) is 4.26. The van der Waals surface area contributed by atoms with Crippen molar-refractivity contribution in [3.63, 3.8) is 0 Å². The largest absolute Gasteiger partial charge is 0.468 e. The summed E-state index contributed by atoms with van der Waals surface area (Å²) in [4.78, 5) is 11.7. The fraction of sp³-hybridized carbons (Fsp3) is 0.500. The summed E-state index contributed by atoms with van der Waals surface area (Å²) in [6, 6.07) is 10.3. The number of furan rings is 1. The van der Waals surface area contributed by atoms with Gasteiger partial charge >= 0.3 is 0 Å². The zero-order valence-electron chi connectivity index (χ0n) is 16.1. The maximum atomic E-state index is 5.69. The third-order valence-corrected chi connectivity index (χ3v) is 4.61. The van der Waals surface area contributed by atoms with Crippen molar-refractivity contribution in [2.24, 2.45) is 4.99 Å². The number of aromatic nitrogens is 1. The van der Waals surface area contributed by atoms with E-state index >= 15 is 0 Å². The topological polar surface area (TPSA) is 65.7 Å². The average molecular weight is 483 g/mol. The van der Waals surface area contributed by atoms with Crippen LogP contribution < -0.4 is 10.6 Å². The van der Waals surface area contributed by atoms with Crippen LogP contribution in [0.5, 0.6) is 0 Å². The Morgan fingerprint density at radius 1 is 1.22 bits per heavy atom. The van der Waals surface area contributed by atoms with Crippen molar-refractivity contribution in [1.82, 2.24) is 20.5 Å². The molecule has 148 valence electrons. The molecule has 1 fully saturated rings. The summed E-state index contributed by atoms with van der Waals surface area (Å²) < 4.78 is 5.69. The standard InChI is InChI=1S/C20H29N5O.HI/c1-3-21-20(22-14-17-9-6-8-16(2)24-17)23-15-18(19-10-7-13-26-19)25-11-4-5-12-25;/h6-10,13,18H,3-5,11-12,14-15H2,1-2H3,(H2,21,22,23);1H. The average Bonchev–Trinajstić information content (AvgIpc) is 3.34. The Balaban J connectivity index is 0.00000261. The summed E-state index contributed by atoms with van der Waals surface area (Å²) in [5.74, 6) is 1.82. The minimum absolute atomic E-state index is 0. The minimum Gasteiger partial charge on any atom is -0.468 e. The molecule has 2 N–H and O–H groups in total. The number of nitrogens with zero attached hydrogens (tertiary/aromatic N) is 3. The van der Waals surface area contributed by atoms with Crippen LogP contribution in [0.3, 0.4) is 0 Å². The zero-order chi connectivity index (χ0) is 18.2. The van der Waals surface area contributed by atoms with Crippen molar-refractivity contribution in [1.29, 1.82) is 0 Å². The summed E-state index contributed by atoms with van der Waals surface area (Å²) in [6.45, 7) is 8.46. The Morgan fingerprint density at radius 2 is 2.04 bits per heavy atom. The molecule has 0 saturated carbocycles. The Labute approximate surface area is 178 Å². The Morgan fingerprint density at radius 3 is 2.70 bits per heavy atom. The van der Waals surface area contributed by atoms with Gasteiger partial charge in [-0.1, -0.05) is 6.07 Å². The van der Waals surface area contributed by atoms with Gasteiger partial charge in [0.15, 0.2) is 5.96 Å². The van der Waals surface area contributed by atoms with Crippen LogP contribution in [0.25, 0.3) is 0 Å². The van der Waals surface area contributed by atoms with Gasteiger partial charge in [0.1, 0.15) is 5.76 Å². The summed E-state index contributed by atoms with van der Waals surface area (Å²) in [7, 11) is 0. The van der Waals surface area contributed by atoms with Crippen molar-refractivity contribution in [2.75, 3.05) is 26.2 Å². The van der Waals surface area contributed by atoms with Crippen molar-refractivity contribution >= 4 is 29.9 Å². The molecule has 0 radical (unpaired) electrons. The van der Waals surface area contributed by atoms with Crippen LogP contribution in [0.1, 0.15) is 43.0 Å². The number of aryl methyl sites for hydroxylation is 1. The molecule has 1 saturated heterocycles. The number of likely N-dealkylation sites (tertiary alicyclic amines) is 1. The van der Waals surface area contributed by atoms with Gasteiger partial charge in [-0.15, -0.1) is 24.0 Å². The second-order valence-corrected chi connectivity index (χ2v) is 6.62. The van der Waals surface area contributed by atoms with Gasteiger partial charge in [0, 0.05) is 18.8 Å². The molecule has 0 bridgehead atoms. The lowest BCUT2D eigenvalue weighted by Crippen LogP contribution is -2.42. The van der Waals surface area contributed by atoms with E-state index in [0.717, 1.165) is 49.3 Å². The highest BCUT2D eigenvalue weighted by Gasteiger charge is 2.25. The molecule has 0 amide bonds. The van der Waals surface area contributed by atoms with Crippen LogP contribution in [0.2, 0.25) is 0 Å². The van der Waals surface area contributed by atoms with Gasteiger partial charge in [-0.25, -0.2) is 4.99 Å². The zero-order valence-corrected chi connectivity index (χ0v) is 18.5. The quantitative estimate of drug-likeness (QED) is 0.359. The van der Waals surface area contributed by atoms with Crippen LogP contribution in [-0.4, -0.2) is 42.0 Å². The first kappa shape index (κ1) is 21.7. The lowest BCUT2D eigenvalue weighted by molar-refractivity contribution is 0.215. The number of aliphatic imine (C=N–C) groups is 1. The van der Waals surface area contributed by atoms with E-state index in [9.17, 15) is 0 Å². The van der Waals surface area contributed by atoms with Crippen molar-refractivity contribution in [3.05, 3.63) is 53.7 Å². The number of guanidine groups is 1. The molecule has 6 nitrogen and oxygen atoms in total. The highest BCUT2D eigenvalue weighted by molar-refractivity contribution is 14.0.